The molecule has 1 unspecified atom stereocenters. The van der Waals surface area contributed by atoms with Gasteiger partial charge in [-0.1, -0.05) is 64.7 Å². The first-order valence-corrected chi connectivity index (χ1v) is 6.98. The Morgan fingerprint density at radius 3 is 1.69 bits per heavy atom. The van der Waals surface area contributed by atoms with Crippen LogP contribution in [0, 0.1) is 0 Å². The molecular weight excluding hydrogens is 203 g/mol. The van der Waals surface area contributed by atoms with Gasteiger partial charge in [0.05, 0.1) is 0 Å². The lowest BCUT2D eigenvalue weighted by molar-refractivity contribution is -0.0122. The van der Waals surface area contributed by atoms with Crippen molar-refractivity contribution in [2.24, 2.45) is 0 Å². The van der Waals surface area contributed by atoms with Gasteiger partial charge in [-0.15, -0.1) is 0 Å². The van der Waals surface area contributed by atoms with Crippen LogP contribution in [0.25, 0.3) is 0 Å². The molecule has 0 rings (SSSR count). The molecule has 2 heteroatoms. The number of alkyl halides is 1. The maximum absolute atomic E-state index is 12.7. The van der Waals surface area contributed by atoms with E-state index in [1.54, 1.807) is 0 Å². The molecule has 0 aromatic rings. The molecular formula is C14H29FO. The topological polar surface area (TPSA) is 9.23 Å². The van der Waals surface area contributed by atoms with Gasteiger partial charge in [0.1, 0.15) is 0 Å². The normalized spacial score (nSPS) is 12.9. The zero-order valence-electron chi connectivity index (χ0n) is 11.1. The summed E-state index contributed by atoms with van der Waals surface area (Å²) < 4.78 is 17.2. The van der Waals surface area contributed by atoms with E-state index in [0.717, 1.165) is 12.8 Å². The molecule has 0 aromatic heterocycles. The highest BCUT2D eigenvalue weighted by atomic mass is 19.1. The minimum absolute atomic E-state index is 0.562. The number of ether oxygens (including phenoxy) is 1. The molecule has 1 nitrogen and oxygen atoms in total. The van der Waals surface area contributed by atoms with Crippen LogP contribution >= 0.6 is 0 Å². The summed E-state index contributed by atoms with van der Waals surface area (Å²) in [6.07, 6.45) is 12.4. The summed E-state index contributed by atoms with van der Waals surface area (Å²) in [6, 6.07) is 0. The summed E-state index contributed by atoms with van der Waals surface area (Å²) in [5.74, 6) is 0. The van der Waals surface area contributed by atoms with Crippen LogP contribution < -0.4 is 0 Å². The maximum atomic E-state index is 12.7. The first-order valence-electron chi connectivity index (χ1n) is 6.98. The lowest BCUT2D eigenvalue weighted by Crippen LogP contribution is -2.01. The summed E-state index contributed by atoms with van der Waals surface area (Å²) in [7, 11) is 1.43. The van der Waals surface area contributed by atoms with E-state index >= 15 is 0 Å². The monoisotopic (exact) mass is 232 g/mol. The highest BCUT2D eigenvalue weighted by Gasteiger charge is 2.01. The Labute approximate surface area is 101 Å². The van der Waals surface area contributed by atoms with Crippen LogP contribution in [0.3, 0.4) is 0 Å². The van der Waals surface area contributed by atoms with E-state index in [1.807, 2.05) is 0 Å². The molecule has 0 aliphatic heterocycles. The predicted molar refractivity (Wildman–Crippen MR) is 68.4 cm³/mol. The summed E-state index contributed by atoms with van der Waals surface area (Å²) in [5.41, 5.74) is 0. The molecule has 0 aliphatic rings. The van der Waals surface area contributed by atoms with E-state index in [0.29, 0.717) is 6.42 Å². The van der Waals surface area contributed by atoms with Crippen LogP contribution in [0.15, 0.2) is 0 Å². The van der Waals surface area contributed by atoms with Crippen molar-refractivity contribution in [2.75, 3.05) is 7.11 Å². The van der Waals surface area contributed by atoms with E-state index in [-0.39, 0.29) is 0 Å². The minimum atomic E-state index is -1.05. The third kappa shape index (κ3) is 12.0. The van der Waals surface area contributed by atoms with Gasteiger partial charge in [0.15, 0.2) is 6.36 Å². The van der Waals surface area contributed by atoms with Crippen LogP contribution in [0.1, 0.15) is 77.6 Å². The van der Waals surface area contributed by atoms with Gasteiger partial charge in [-0.25, -0.2) is 4.39 Å². The summed E-state index contributed by atoms with van der Waals surface area (Å²) in [4.78, 5) is 0. The Morgan fingerprint density at radius 1 is 0.812 bits per heavy atom. The molecule has 98 valence electrons. The quantitative estimate of drug-likeness (QED) is 0.418. The van der Waals surface area contributed by atoms with Crippen LogP contribution in [0.4, 0.5) is 4.39 Å². The number of hydrogen-bond donors (Lipinski definition) is 0. The van der Waals surface area contributed by atoms with E-state index in [1.165, 1.54) is 58.5 Å². The molecule has 0 saturated carbocycles. The number of halogens is 1. The molecule has 0 saturated heterocycles. The van der Waals surface area contributed by atoms with Gasteiger partial charge in [0.2, 0.25) is 0 Å². The second kappa shape index (κ2) is 13.0. The Hall–Kier alpha value is -0.110. The highest BCUT2D eigenvalue weighted by Crippen LogP contribution is 2.12. The van der Waals surface area contributed by atoms with Gasteiger partial charge in [0.25, 0.3) is 0 Å². The summed E-state index contributed by atoms with van der Waals surface area (Å²) >= 11 is 0. The van der Waals surface area contributed by atoms with Gasteiger partial charge in [0, 0.05) is 13.5 Å². The van der Waals surface area contributed by atoms with Gasteiger partial charge in [-0.3, -0.25) is 0 Å². The molecule has 1 atom stereocenters. The van der Waals surface area contributed by atoms with Gasteiger partial charge in [-0.2, -0.15) is 0 Å². The van der Waals surface area contributed by atoms with Crippen LogP contribution in [-0.2, 0) is 4.74 Å². The average molecular weight is 232 g/mol. The molecule has 0 amide bonds. The van der Waals surface area contributed by atoms with Crippen molar-refractivity contribution < 1.29 is 9.13 Å². The fourth-order valence-corrected chi connectivity index (χ4v) is 1.91. The lowest BCUT2D eigenvalue weighted by atomic mass is 10.1. The van der Waals surface area contributed by atoms with E-state index in [9.17, 15) is 4.39 Å². The van der Waals surface area contributed by atoms with Crippen LogP contribution in [-0.4, -0.2) is 13.5 Å². The molecule has 0 N–H and O–H groups in total. The van der Waals surface area contributed by atoms with Crippen molar-refractivity contribution >= 4 is 0 Å². The first-order chi connectivity index (χ1) is 7.81. The second-order valence-corrected chi connectivity index (χ2v) is 4.62. The van der Waals surface area contributed by atoms with Gasteiger partial charge >= 0.3 is 0 Å². The zero-order valence-corrected chi connectivity index (χ0v) is 11.1. The molecule has 16 heavy (non-hydrogen) atoms. The Morgan fingerprint density at radius 2 is 1.25 bits per heavy atom. The fourth-order valence-electron chi connectivity index (χ4n) is 1.91. The van der Waals surface area contributed by atoms with Crippen molar-refractivity contribution in [3.63, 3.8) is 0 Å². The number of methoxy groups -OCH3 is 1. The van der Waals surface area contributed by atoms with E-state index in [4.69, 9.17) is 0 Å². The zero-order chi connectivity index (χ0) is 12.1. The standard InChI is InChI=1S/C14H29FO/c1-3-4-5-6-7-8-9-10-11-12-13-14(15)16-2/h14H,3-13H2,1-2H3. The van der Waals surface area contributed by atoms with Crippen molar-refractivity contribution in [3.8, 4) is 0 Å². The number of unbranched alkanes of at least 4 members (excludes halogenated alkanes) is 9. The Balaban J connectivity index is 2.93. The van der Waals surface area contributed by atoms with Crippen molar-refractivity contribution in [1.82, 2.24) is 0 Å². The molecule has 0 radical (unpaired) electrons. The Bertz CT molecular complexity index is 128. The summed E-state index contributed by atoms with van der Waals surface area (Å²) in [6.45, 7) is 2.25. The smallest absolute Gasteiger partial charge is 0.198 e. The van der Waals surface area contributed by atoms with Crippen molar-refractivity contribution in [2.45, 2.75) is 83.9 Å². The second-order valence-electron chi connectivity index (χ2n) is 4.62. The largest absolute Gasteiger partial charge is 0.351 e. The Kier molecular flexibility index (Phi) is 12.9. The SMILES string of the molecule is CCCCCCCCCCCCC(F)OC. The molecule has 0 aliphatic carbocycles. The van der Waals surface area contributed by atoms with Gasteiger partial charge in [-0.05, 0) is 6.42 Å². The molecule has 0 heterocycles. The average Bonchev–Trinajstić information content (AvgIpc) is 2.31. The van der Waals surface area contributed by atoms with Crippen LogP contribution in [0.2, 0.25) is 0 Å². The summed E-state index contributed by atoms with van der Waals surface area (Å²) in [5, 5.41) is 0. The third-order valence-electron chi connectivity index (χ3n) is 3.04. The van der Waals surface area contributed by atoms with Gasteiger partial charge < -0.3 is 4.74 Å². The number of rotatable bonds is 12. The maximum Gasteiger partial charge on any atom is 0.198 e. The molecule has 0 aromatic carbocycles. The van der Waals surface area contributed by atoms with Crippen LogP contribution in [0.5, 0.6) is 0 Å². The first kappa shape index (κ1) is 15.9. The molecule has 0 spiro atoms. The van der Waals surface area contributed by atoms with Crippen molar-refractivity contribution in [3.05, 3.63) is 0 Å². The molecule has 0 bridgehead atoms. The number of hydrogen-bond acceptors (Lipinski definition) is 1. The fraction of sp³-hybridized carbons (Fsp3) is 1.00. The third-order valence-corrected chi connectivity index (χ3v) is 3.04. The van der Waals surface area contributed by atoms with Crippen molar-refractivity contribution in [1.29, 1.82) is 0 Å². The highest BCUT2D eigenvalue weighted by molar-refractivity contribution is 4.49. The minimum Gasteiger partial charge on any atom is -0.351 e. The predicted octanol–water partition coefficient (Wildman–Crippen LogP) is 5.24. The van der Waals surface area contributed by atoms with E-state index in [2.05, 4.69) is 11.7 Å². The lowest BCUT2D eigenvalue weighted by Gasteiger charge is -2.05. The molecule has 0 fully saturated rings. The van der Waals surface area contributed by atoms with E-state index < -0.39 is 6.36 Å².